The third kappa shape index (κ3) is 2.82. The van der Waals surface area contributed by atoms with Crippen molar-refractivity contribution in [1.82, 2.24) is 4.57 Å². The lowest BCUT2D eigenvalue weighted by molar-refractivity contribution is 0.767. The fraction of sp³-hybridized carbons (Fsp3) is 0.471. The van der Waals surface area contributed by atoms with E-state index in [0.717, 1.165) is 22.3 Å². The Morgan fingerprint density at radius 3 is 2.95 bits per heavy atom. The van der Waals surface area contributed by atoms with E-state index in [4.69, 9.17) is 0 Å². The molecule has 1 fully saturated rings. The van der Waals surface area contributed by atoms with E-state index in [2.05, 4.69) is 18.3 Å². The zero-order valence-electron chi connectivity index (χ0n) is 12.6. The zero-order chi connectivity index (χ0) is 14.8. The molecule has 21 heavy (non-hydrogen) atoms. The molecule has 0 spiro atoms. The van der Waals surface area contributed by atoms with Crippen LogP contribution in [0.1, 0.15) is 26.2 Å². The van der Waals surface area contributed by atoms with Gasteiger partial charge in [0.15, 0.2) is 0 Å². The maximum atomic E-state index is 12.2. The van der Waals surface area contributed by atoms with Crippen LogP contribution in [0, 0.1) is 0 Å². The van der Waals surface area contributed by atoms with Crippen LogP contribution < -0.4 is 10.9 Å². The van der Waals surface area contributed by atoms with Crippen LogP contribution in [0.4, 0.5) is 5.69 Å². The van der Waals surface area contributed by atoms with E-state index in [1.54, 1.807) is 10.6 Å². The number of para-hydroxylation sites is 1. The Balaban J connectivity index is 1.97. The van der Waals surface area contributed by atoms with Gasteiger partial charge in [-0.3, -0.25) is 4.79 Å². The number of benzene rings is 1. The van der Waals surface area contributed by atoms with Crippen LogP contribution in [0.2, 0.25) is 0 Å². The number of anilines is 1. The lowest BCUT2D eigenvalue weighted by atomic mass is 10.1. The average Bonchev–Trinajstić information content (AvgIpc) is 2.92. The summed E-state index contributed by atoms with van der Waals surface area (Å²) < 4.78 is 1.72. The molecule has 2 unspecified atom stereocenters. The summed E-state index contributed by atoms with van der Waals surface area (Å²) in [7, 11) is 1.83. The van der Waals surface area contributed by atoms with Crippen molar-refractivity contribution < 1.29 is 0 Å². The van der Waals surface area contributed by atoms with Crippen LogP contribution in [0.5, 0.6) is 0 Å². The second-order valence-corrected chi connectivity index (χ2v) is 7.16. The van der Waals surface area contributed by atoms with Crippen LogP contribution in [-0.4, -0.2) is 21.6 Å². The summed E-state index contributed by atoms with van der Waals surface area (Å²) in [6.45, 7) is 2.22. The molecular formula is C17H22N2OS. The van der Waals surface area contributed by atoms with E-state index in [9.17, 15) is 4.79 Å². The van der Waals surface area contributed by atoms with Crippen LogP contribution >= 0.6 is 11.8 Å². The van der Waals surface area contributed by atoms with Gasteiger partial charge in [-0.25, -0.2) is 0 Å². The Morgan fingerprint density at radius 2 is 2.14 bits per heavy atom. The Morgan fingerprint density at radius 1 is 1.33 bits per heavy atom. The largest absolute Gasteiger partial charge is 0.380 e. The fourth-order valence-electron chi connectivity index (χ4n) is 3.23. The van der Waals surface area contributed by atoms with Gasteiger partial charge >= 0.3 is 0 Å². The number of aryl methyl sites for hydroxylation is 1. The van der Waals surface area contributed by atoms with Gasteiger partial charge in [0.1, 0.15) is 0 Å². The molecule has 4 heteroatoms. The first-order valence-corrected chi connectivity index (χ1v) is 8.72. The normalized spacial score (nSPS) is 21.8. The molecule has 0 bridgehead atoms. The zero-order valence-corrected chi connectivity index (χ0v) is 13.5. The van der Waals surface area contributed by atoms with E-state index in [0.29, 0.717) is 11.3 Å². The highest BCUT2D eigenvalue weighted by molar-refractivity contribution is 7.99. The number of nitrogens with one attached hydrogen (secondary N) is 1. The molecule has 3 nitrogen and oxygen atoms in total. The molecule has 3 rings (SSSR count). The van der Waals surface area contributed by atoms with Crippen molar-refractivity contribution in [2.24, 2.45) is 7.05 Å². The van der Waals surface area contributed by atoms with Gasteiger partial charge < -0.3 is 9.88 Å². The summed E-state index contributed by atoms with van der Waals surface area (Å²) in [6, 6.07) is 10.3. The summed E-state index contributed by atoms with van der Waals surface area (Å²) in [6.07, 6.45) is 3.75. The number of nitrogens with zero attached hydrogens (tertiary/aromatic N) is 1. The van der Waals surface area contributed by atoms with E-state index in [1.165, 1.54) is 19.3 Å². The predicted octanol–water partition coefficient (Wildman–Crippen LogP) is 3.62. The summed E-state index contributed by atoms with van der Waals surface area (Å²) >= 11 is 2.03. The van der Waals surface area contributed by atoms with Crippen LogP contribution in [0.15, 0.2) is 35.1 Å². The number of pyridine rings is 1. The first-order valence-electron chi connectivity index (χ1n) is 7.67. The third-order valence-electron chi connectivity index (χ3n) is 4.33. The number of rotatable bonds is 4. The van der Waals surface area contributed by atoms with Gasteiger partial charge in [-0.15, -0.1) is 0 Å². The first kappa shape index (κ1) is 14.5. The standard InChI is InChI=1S/C17H22N2OS/c1-3-21-16-10-6-8-13(16)18-14-11-17(20)19(2)15-9-5-4-7-12(14)15/h4-5,7,9,11,13,16,18H,3,6,8,10H2,1-2H3. The van der Waals surface area contributed by atoms with E-state index in [-0.39, 0.29) is 5.56 Å². The molecule has 0 radical (unpaired) electrons. The van der Waals surface area contributed by atoms with Crippen molar-refractivity contribution in [3.63, 3.8) is 0 Å². The molecule has 1 heterocycles. The maximum absolute atomic E-state index is 12.2. The van der Waals surface area contributed by atoms with Crippen LogP contribution in [0.25, 0.3) is 10.9 Å². The van der Waals surface area contributed by atoms with Crippen molar-refractivity contribution >= 4 is 28.4 Å². The van der Waals surface area contributed by atoms with Crippen LogP contribution in [-0.2, 0) is 7.05 Å². The highest BCUT2D eigenvalue weighted by Crippen LogP contribution is 2.33. The Hall–Kier alpha value is -1.42. The summed E-state index contributed by atoms with van der Waals surface area (Å²) in [5.41, 5.74) is 2.03. The molecule has 1 aromatic heterocycles. The van der Waals surface area contributed by atoms with Gasteiger partial charge in [-0.2, -0.15) is 11.8 Å². The van der Waals surface area contributed by atoms with Crippen molar-refractivity contribution in [3.8, 4) is 0 Å². The number of fused-ring (bicyclic) bond motifs is 1. The lowest BCUT2D eigenvalue weighted by Gasteiger charge is -2.22. The van der Waals surface area contributed by atoms with Gasteiger partial charge in [0.05, 0.1) is 5.52 Å². The molecule has 1 aromatic carbocycles. The first-order chi connectivity index (χ1) is 10.2. The third-order valence-corrected chi connectivity index (χ3v) is 5.65. The van der Waals surface area contributed by atoms with Gasteiger partial charge in [0, 0.05) is 35.5 Å². The second kappa shape index (κ2) is 6.14. The molecule has 1 aliphatic carbocycles. The molecule has 2 atom stereocenters. The van der Waals surface area contributed by atoms with Crippen LogP contribution in [0.3, 0.4) is 0 Å². The predicted molar refractivity (Wildman–Crippen MR) is 92.4 cm³/mol. The summed E-state index contributed by atoms with van der Waals surface area (Å²) in [5, 5.41) is 5.45. The number of hydrogen-bond donors (Lipinski definition) is 1. The van der Waals surface area contributed by atoms with Crippen molar-refractivity contribution in [1.29, 1.82) is 0 Å². The highest BCUT2D eigenvalue weighted by atomic mass is 32.2. The van der Waals surface area contributed by atoms with E-state index >= 15 is 0 Å². The minimum Gasteiger partial charge on any atom is -0.380 e. The SMILES string of the molecule is CCSC1CCCC1Nc1cc(=O)n(C)c2ccccc12. The molecule has 0 saturated heterocycles. The number of thioether (sulfide) groups is 1. The summed E-state index contributed by atoms with van der Waals surface area (Å²) in [5.74, 6) is 1.15. The minimum absolute atomic E-state index is 0.0499. The quantitative estimate of drug-likeness (QED) is 0.936. The van der Waals surface area contributed by atoms with Crippen molar-refractivity contribution in [3.05, 3.63) is 40.7 Å². The Labute approximate surface area is 129 Å². The molecule has 0 amide bonds. The molecule has 1 N–H and O–H groups in total. The maximum Gasteiger partial charge on any atom is 0.252 e. The number of aromatic nitrogens is 1. The lowest BCUT2D eigenvalue weighted by Crippen LogP contribution is -2.27. The monoisotopic (exact) mass is 302 g/mol. The molecular weight excluding hydrogens is 280 g/mol. The minimum atomic E-state index is 0.0499. The van der Waals surface area contributed by atoms with Gasteiger partial charge in [0.2, 0.25) is 0 Å². The molecule has 1 saturated carbocycles. The van der Waals surface area contributed by atoms with Gasteiger partial charge in [-0.1, -0.05) is 31.5 Å². The Bertz CT molecular complexity index is 695. The van der Waals surface area contributed by atoms with E-state index in [1.807, 2.05) is 37.0 Å². The second-order valence-electron chi connectivity index (χ2n) is 5.65. The van der Waals surface area contributed by atoms with Gasteiger partial charge in [0.25, 0.3) is 5.56 Å². The van der Waals surface area contributed by atoms with Crippen molar-refractivity contribution in [2.75, 3.05) is 11.1 Å². The number of hydrogen-bond acceptors (Lipinski definition) is 3. The average molecular weight is 302 g/mol. The molecule has 112 valence electrons. The topological polar surface area (TPSA) is 34.0 Å². The highest BCUT2D eigenvalue weighted by Gasteiger charge is 2.27. The van der Waals surface area contributed by atoms with Crippen molar-refractivity contribution in [2.45, 2.75) is 37.5 Å². The molecule has 2 aromatic rings. The van der Waals surface area contributed by atoms with Gasteiger partial charge in [-0.05, 0) is 24.7 Å². The Kier molecular flexibility index (Phi) is 4.24. The smallest absolute Gasteiger partial charge is 0.252 e. The van der Waals surface area contributed by atoms with E-state index < -0.39 is 0 Å². The molecule has 1 aliphatic rings. The summed E-state index contributed by atoms with van der Waals surface area (Å²) in [4.78, 5) is 12.2. The molecule has 0 aliphatic heterocycles. The fourth-order valence-corrected chi connectivity index (χ4v) is 4.43.